The molecule has 3 aromatic rings. The van der Waals surface area contributed by atoms with Crippen molar-refractivity contribution in [3.05, 3.63) is 52.2 Å². The van der Waals surface area contributed by atoms with Gasteiger partial charge in [0.05, 0.1) is 24.5 Å². The van der Waals surface area contributed by atoms with Crippen LogP contribution in [0.1, 0.15) is 40.5 Å². The molecule has 3 aliphatic rings. The van der Waals surface area contributed by atoms with Crippen molar-refractivity contribution in [3.63, 3.8) is 0 Å². The van der Waals surface area contributed by atoms with Gasteiger partial charge in [-0.3, -0.25) is 4.68 Å². The normalized spacial score (nSPS) is 19.8. The first-order valence-corrected chi connectivity index (χ1v) is 14.6. The Labute approximate surface area is 214 Å². The summed E-state index contributed by atoms with van der Waals surface area (Å²) in [5, 5.41) is 7.42. The summed E-state index contributed by atoms with van der Waals surface area (Å²) in [6.07, 6.45) is 8.28. The van der Waals surface area contributed by atoms with Crippen molar-refractivity contribution in [1.82, 2.24) is 19.4 Å². The molecule has 1 atom stereocenters. The molecule has 11 heteroatoms. The summed E-state index contributed by atoms with van der Waals surface area (Å²) in [7, 11) is -1.97. The molecule has 2 N–H and O–H groups in total. The fraction of sp³-hybridized carbons (Fsp3) is 0.440. The zero-order valence-electron chi connectivity index (χ0n) is 20.1. The summed E-state index contributed by atoms with van der Waals surface area (Å²) in [6, 6.07) is 5.23. The number of hydrogen-bond donors (Lipinski definition) is 2. The molecule has 0 saturated carbocycles. The van der Waals surface area contributed by atoms with E-state index < -0.39 is 16.1 Å². The lowest BCUT2D eigenvalue weighted by Gasteiger charge is -2.21. The molecule has 1 unspecified atom stereocenters. The number of carbonyl (C=O) groups excluding carboxylic acids is 1. The lowest BCUT2D eigenvalue weighted by atomic mass is 9.99. The van der Waals surface area contributed by atoms with Gasteiger partial charge in [-0.15, -0.1) is 11.3 Å². The zero-order valence-corrected chi connectivity index (χ0v) is 21.8. The third kappa shape index (κ3) is 4.45. The summed E-state index contributed by atoms with van der Waals surface area (Å²) in [5.74, 6) is 0. The van der Waals surface area contributed by atoms with Gasteiger partial charge in [-0.2, -0.15) is 5.10 Å². The molecule has 0 radical (unpaired) electrons. The summed E-state index contributed by atoms with van der Waals surface area (Å²) in [6.45, 7) is 2.98. The molecule has 4 heterocycles. The van der Waals surface area contributed by atoms with Crippen molar-refractivity contribution < 1.29 is 17.9 Å². The van der Waals surface area contributed by atoms with E-state index in [2.05, 4.69) is 26.1 Å². The van der Waals surface area contributed by atoms with Gasteiger partial charge in [-0.05, 0) is 61.9 Å². The van der Waals surface area contributed by atoms with Gasteiger partial charge in [0, 0.05) is 41.9 Å². The monoisotopic (exact) mass is 527 g/mol. The van der Waals surface area contributed by atoms with Crippen LogP contribution in [0.25, 0.3) is 11.1 Å². The molecular weight excluding hydrogens is 498 g/mol. The van der Waals surface area contributed by atoms with E-state index in [-0.39, 0.29) is 10.3 Å². The van der Waals surface area contributed by atoms with Crippen LogP contribution in [-0.4, -0.2) is 55.9 Å². The Balaban J connectivity index is 1.26. The smallest absolute Gasteiger partial charge is 0.333 e. The Kier molecular flexibility index (Phi) is 6.11. The van der Waals surface area contributed by atoms with Crippen LogP contribution in [-0.2, 0) is 40.6 Å². The number of rotatable bonds is 5. The fourth-order valence-corrected chi connectivity index (χ4v) is 7.80. The number of likely N-dealkylation sites (N-methyl/N-ethyl adjacent to an activating group) is 1. The number of aromatic nitrogens is 2. The van der Waals surface area contributed by atoms with Gasteiger partial charge in [0.2, 0.25) is 0 Å². The maximum Gasteiger partial charge on any atom is 0.333 e. The van der Waals surface area contributed by atoms with Crippen LogP contribution < -0.4 is 10.0 Å². The minimum atomic E-state index is -3.98. The van der Waals surface area contributed by atoms with Crippen LogP contribution >= 0.6 is 11.3 Å². The number of nitrogens with zero attached hydrogens (tertiary/aromatic N) is 3. The first-order valence-electron chi connectivity index (χ1n) is 12.3. The number of sulfonamides is 1. The minimum Gasteiger partial charge on any atom is -0.379 e. The molecule has 1 aromatic carbocycles. The van der Waals surface area contributed by atoms with E-state index in [1.54, 1.807) is 12.3 Å². The maximum absolute atomic E-state index is 13.1. The van der Waals surface area contributed by atoms with Gasteiger partial charge < -0.3 is 15.0 Å². The van der Waals surface area contributed by atoms with Crippen LogP contribution in [0.2, 0.25) is 0 Å². The fourth-order valence-electron chi connectivity index (χ4n) is 5.35. The molecule has 0 spiro atoms. The predicted octanol–water partition coefficient (Wildman–Crippen LogP) is 3.56. The highest BCUT2D eigenvalue weighted by molar-refractivity contribution is 7.92. The molecule has 1 saturated heterocycles. The topological polar surface area (TPSA) is 106 Å². The number of ether oxygens (including phenoxy) is 1. The lowest BCUT2D eigenvalue weighted by molar-refractivity contribution is 0.184. The van der Waals surface area contributed by atoms with Crippen molar-refractivity contribution >= 4 is 33.1 Å². The van der Waals surface area contributed by atoms with Crippen LogP contribution in [0.3, 0.4) is 0 Å². The number of aryl methyl sites for hydroxylation is 1. The first-order chi connectivity index (χ1) is 17.4. The van der Waals surface area contributed by atoms with E-state index in [9.17, 15) is 13.2 Å². The number of urea groups is 1. The number of benzene rings is 1. The van der Waals surface area contributed by atoms with Crippen molar-refractivity contribution in [2.75, 3.05) is 32.1 Å². The molecule has 36 heavy (non-hydrogen) atoms. The zero-order chi connectivity index (χ0) is 24.9. The second kappa shape index (κ2) is 9.29. The van der Waals surface area contributed by atoms with Crippen LogP contribution in [0.15, 0.2) is 34.8 Å². The SMILES string of the molecule is CN1CCc2sc(S(=O)(=O)NC(=O)Nc3c(-c4cnn(C5CCOC5)c4)ccc4c3CCC4)cc2C1. The molecule has 9 nitrogen and oxygen atoms in total. The first kappa shape index (κ1) is 23.7. The number of hydrogen-bond acceptors (Lipinski definition) is 7. The molecule has 190 valence electrons. The Hall–Kier alpha value is -2.73. The van der Waals surface area contributed by atoms with Gasteiger partial charge in [-0.1, -0.05) is 12.1 Å². The average Bonchev–Trinajstić information content (AvgIpc) is 3.64. The highest BCUT2D eigenvalue weighted by atomic mass is 32.2. The third-order valence-corrected chi connectivity index (χ3v) is 10.3. The molecule has 1 aliphatic carbocycles. The lowest BCUT2D eigenvalue weighted by Crippen LogP contribution is -2.34. The molecule has 2 amide bonds. The molecule has 2 aromatic heterocycles. The number of amides is 2. The van der Waals surface area contributed by atoms with Crippen molar-refractivity contribution in [2.24, 2.45) is 0 Å². The highest BCUT2D eigenvalue weighted by Gasteiger charge is 2.27. The molecule has 6 rings (SSSR count). The molecule has 2 aliphatic heterocycles. The van der Waals surface area contributed by atoms with Crippen molar-refractivity contribution in [3.8, 4) is 11.1 Å². The van der Waals surface area contributed by atoms with Gasteiger partial charge in [0.25, 0.3) is 10.0 Å². The summed E-state index contributed by atoms with van der Waals surface area (Å²) in [5.41, 5.74) is 5.64. The van der Waals surface area contributed by atoms with Crippen LogP contribution in [0.4, 0.5) is 10.5 Å². The van der Waals surface area contributed by atoms with Gasteiger partial charge in [-0.25, -0.2) is 17.9 Å². The Morgan fingerprint density at radius 3 is 2.94 bits per heavy atom. The third-order valence-electron chi connectivity index (χ3n) is 7.24. The molecule has 0 bridgehead atoms. The highest BCUT2D eigenvalue weighted by Crippen LogP contribution is 2.38. The summed E-state index contributed by atoms with van der Waals surface area (Å²) >= 11 is 1.25. The second-order valence-corrected chi connectivity index (χ2v) is 12.8. The number of thiophene rings is 1. The number of nitrogens with one attached hydrogen (secondary N) is 2. The Morgan fingerprint density at radius 2 is 2.11 bits per heavy atom. The number of fused-ring (bicyclic) bond motifs is 2. The minimum absolute atomic E-state index is 0.177. The van der Waals surface area contributed by atoms with Crippen molar-refractivity contribution in [1.29, 1.82) is 0 Å². The molecule has 1 fully saturated rings. The van der Waals surface area contributed by atoms with Crippen LogP contribution in [0, 0.1) is 0 Å². The van der Waals surface area contributed by atoms with E-state index in [0.717, 1.165) is 72.4 Å². The van der Waals surface area contributed by atoms with E-state index in [1.807, 2.05) is 24.0 Å². The maximum atomic E-state index is 13.1. The second-order valence-electron chi connectivity index (χ2n) is 9.77. The van der Waals surface area contributed by atoms with E-state index in [4.69, 9.17) is 4.74 Å². The summed E-state index contributed by atoms with van der Waals surface area (Å²) < 4.78 is 36.0. The quantitative estimate of drug-likeness (QED) is 0.526. The van der Waals surface area contributed by atoms with Crippen molar-refractivity contribution in [2.45, 2.75) is 48.9 Å². The van der Waals surface area contributed by atoms with E-state index >= 15 is 0 Å². The number of carbonyl (C=O) groups is 1. The average molecular weight is 528 g/mol. The van der Waals surface area contributed by atoms with Gasteiger partial charge >= 0.3 is 6.03 Å². The summed E-state index contributed by atoms with van der Waals surface area (Å²) in [4.78, 5) is 16.3. The number of anilines is 1. The standard InChI is InChI=1S/C25H29N5O4S2/c1-29-9-7-22-17(13-29)11-23(35-22)36(32,33)28-25(31)27-24-20-4-2-3-16(20)5-6-21(24)18-12-26-30(14-18)19-8-10-34-15-19/h5-6,11-12,14,19H,2-4,7-10,13,15H2,1H3,(H2,27,28,31). The van der Waals surface area contributed by atoms with Crippen LogP contribution in [0.5, 0.6) is 0 Å². The van der Waals surface area contributed by atoms with Gasteiger partial charge in [0.1, 0.15) is 4.21 Å². The molecular formula is C25H29N5O4S2. The van der Waals surface area contributed by atoms with E-state index in [0.29, 0.717) is 18.8 Å². The Morgan fingerprint density at radius 1 is 1.22 bits per heavy atom. The van der Waals surface area contributed by atoms with Gasteiger partial charge in [0.15, 0.2) is 0 Å². The largest absolute Gasteiger partial charge is 0.379 e. The Bertz CT molecular complexity index is 1420. The van der Waals surface area contributed by atoms with E-state index in [1.165, 1.54) is 16.9 Å². The predicted molar refractivity (Wildman–Crippen MR) is 138 cm³/mol.